The number of likely N-dealkylation sites (tertiary alicyclic amines) is 1. The highest BCUT2D eigenvalue weighted by Crippen LogP contribution is 2.67. The van der Waals surface area contributed by atoms with Crippen LogP contribution in [0.15, 0.2) is 0 Å². The first-order valence-electron chi connectivity index (χ1n) is 5.24. The van der Waals surface area contributed by atoms with Crippen molar-refractivity contribution in [3.8, 4) is 0 Å². The third-order valence-electron chi connectivity index (χ3n) is 3.07. The van der Waals surface area contributed by atoms with Crippen molar-refractivity contribution in [3.05, 3.63) is 0 Å². The number of nitrogens with zero attached hydrogens (tertiary/aromatic N) is 1. The lowest BCUT2D eigenvalue weighted by Gasteiger charge is -2.53. The molecule has 0 unspecified atom stereocenters. The van der Waals surface area contributed by atoms with E-state index in [0.29, 0.717) is 0 Å². The van der Waals surface area contributed by atoms with Gasteiger partial charge >= 0.3 is 47.8 Å². The molecule has 1 saturated heterocycles. The van der Waals surface area contributed by atoms with E-state index in [1.54, 1.807) is 0 Å². The minimum absolute atomic E-state index is 4.10. The van der Waals surface area contributed by atoms with Crippen LogP contribution < -0.4 is 0 Å². The third-order valence-corrected chi connectivity index (χ3v) is 3.07. The molecule has 0 aromatic carbocycles. The standard InChI is InChI=1S/C8HF14NO2/c9-2(1(24)25,6(16,17)18)23-7(19,20)4(12,13)3(10,11)5(14,15)8(23,21)22/h(H,24,25)/t2-/m1/s1. The minimum Gasteiger partial charge on any atom is -0.478 e. The Kier molecular flexibility index (Phi) is 4.12. The molecule has 1 aliphatic rings. The van der Waals surface area contributed by atoms with Gasteiger partial charge in [-0.05, 0) is 0 Å². The molecule has 17 heteroatoms. The maximum Gasteiger partial charge on any atom is 0.448 e. The summed E-state index contributed by atoms with van der Waals surface area (Å²) in [6, 6.07) is -15.4. The van der Waals surface area contributed by atoms with Crippen molar-refractivity contribution in [2.24, 2.45) is 0 Å². The van der Waals surface area contributed by atoms with Gasteiger partial charge in [-0.25, -0.2) is 9.18 Å². The number of alkyl halides is 14. The molecule has 1 heterocycles. The van der Waals surface area contributed by atoms with Gasteiger partial charge in [0, 0.05) is 0 Å². The second-order valence-corrected chi connectivity index (χ2v) is 4.57. The van der Waals surface area contributed by atoms with Gasteiger partial charge in [0.05, 0.1) is 0 Å². The summed E-state index contributed by atoms with van der Waals surface area (Å²) >= 11 is 0. The third kappa shape index (κ3) is 2.06. The van der Waals surface area contributed by atoms with Crippen LogP contribution in [-0.2, 0) is 4.79 Å². The highest BCUT2D eigenvalue weighted by molar-refractivity contribution is 5.78. The smallest absolute Gasteiger partial charge is 0.448 e. The van der Waals surface area contributed by atoms with E-state index in [9.17, 15) is 66.3 Å². The molecule has 1 rings (SSSR count). The number of carboxylic acids is 1. The summed E-state index contributed by atoms with van der Waals surface area (Å²) in [7, 11) is 0. The van der Waals surface area contributed by atoms with Gasteiger partial charge in [-0.2, -0.15) is 57.1 Å². The molecule has 1 fully saturated rings. The Morgan fingerprint density at radius 1 is 0.680 bits per heavy atom. The summed E-state index contributed by atoms with van der Waals surface area (Å²) in [6.45, 7) is 0. The highest BCUT2D eigenvalue weighted by atomic mass is 19.4. The van der Waals surface area contributed by atoms with Gasteiger partial charge in [-0.15, -0.1) is 4.90 Å². The zero-order chi connectivity index (χ0) is 20.7. The van der Waals surface area contributed by atoms with E-state index in [4.69, 9.17) is 5.11 Å². The van der Waals surface area contributed by atoms with Crippen LogP contribution in [0.2, 0.25) is 0 Å². The molecule has 0 spiro atoms. The molecule has 1 aliphatic heterocycles. The molecule has 0 aromatic rings. The quantitative estimate of drug-likeness (QED) is 0.559. The number of carbonyl (C=O) groups is 1. The van der Waals surface area contributed by atoms with Crippen molar-refractivity contribution in [2.45, 2.75) is 41.8 Å². The molecule has 0 bridgehead atoms. The maximum atomic E-state index is 13.6. The van der Waals surface area contributed by atoms with E-state index in [1.807, 2.05) is 0 Å². The highest BCUT2D eigenvalue weighted by Gasteiger charge is 2.99. The van der Waals surface area contributed by atoms with Crippen LogP contribution in [0.25, 0.3) is 0 Å². The zero-order valence-electron chi connectivity index (χ0n) is 10.6. The SMILES string of the molecule is O=C(O)[C@@](F)(N1C(F)(F)C(F)(F)C(F)(F)C(F)(F)C1(F)F)C(F)(F)F. The van der Waals surface area contributed by atoms with Gasteiger partial charge in [0.15, 0.2) is 0 Å². The fourth-order valence-electron chi connectivity index (χ4n) is 1.76. The van der Waals surface area contributed by atoms with E-state index < -0.39 is 52.7 Å². The summed E-state index contributed by atoms with van der Waals surface area (Å²) < 4.78 is 181. The summed E-state index contributed by atoms with van der Waals surface area (Å²) in [6.07, 6.45) is -7.45. The molecule has 0 radical (unpaired) electrons. The number of hydrogen-bond acceptors (Lipinski definition) is 2. The van der Waals surface area contributed by atoms with Gasteiger partial charge in [-0.3, -0.25) is 0 Å². The van der Waals surface area contributed by atoms with Crippen molar-refractivity contribution in [3.63, 3.8) is 0 Å². The Morgan fingerprint density at radius 3 is 1.16 bits per heavy atom. The van der Waals surface area contributed by atoms with Crippen molar-refractivity contribution < 1.29 is 71.4 Å². The first-order chi connectivity index (χ1) is 10.6. The number of rotatable bonds is 2. The second kappa shape index (κ2) is 4.79. The van der Waals surface area contributed by atoms with E-state index in [-0.39, 0.29) is 0 Å². The van der Waals surface area contributed by atoms with Crippen LogP contribution in [0.5, 0.6) is 0 Å². The molecule has 25 heavy (non-hydrogen) atoms. The van der Waals surface area contributed by atoms with Gasteiger partial charge < -0.3 is 5.11 Å². The Balaban J connectivity index is 4.01. The van der Waals surface area contributed by atoms with Crippen LogP contribution in [-0.4, -0.2) is 57.8 Å². The molecule has 148 valence electrons. The van der Waals surface area contributed by atoms with Gasteiger partial charge in [0.25, 0.3) is 0 Å². The van der Waals surface area contributed by atoms with E-state index in [1.165, 1.54) is 0 Å². The predicted molar refractivity (Wildman–Crippen MR) is 44.1 cm³/mol. The zero-order valence-corrected chi connectivity index (χ0v) is 10.6. The van der Waals surface area contributed by atoms with Crippen LogP contribution in [0.3, 0.4) is 0 Å². The largest absolute Gasteiger partial charge is 0.478 e. The lowest BCUT2D eigenvalue weighted by atomic mass is 9.91. The molecule has 0 aromatic heterocycles. The average molecular weight is 409 g/mol. The lowest BCUT2D eigenvalue weighted by molar-refractivity contribution is -0.534. The van der Waals surface area contributed by atoms with Gasteiger partial charge in [0.1, 0.15) is 0 Å². The number of hydrogen-bond donors (Lipinski definition) is 1. The van der Waals surface area contributed by atoms with Crippen LogP contribution in [0.4, 0.5) is 61.5 Å². The monoisotopic (exact) mass is 409 g/mol. The van der Waals surface area contributed by atoms with Crippen LogP contribution in [0.1, 0.15) is 0 Å². The molecular formula is C8HF14NO2. The number of carboxylic acid groups (broad SMARTS) is 1. The summed E-state index contributed by atoms with van der Waals surface area (Å²) in [4.78, 5) is 6.14. The average Bonchev–Trinajstić information content (AvgIpc) is 2.34. The Labute approximate surface area is 125 Å². The van der Waals surface area contributed by atoms with Crippen LogP contribution in [0, 0.1) is 0 Å². The molecule has 0 saturated carbocycles. The molecule has 0 amide bonds. The maximum absolute atomic E-state index is 13.6. The van der Waals surface area contributed by atoms with E-state index >= 15 is 0 Å². The van der Waals surface area contributed by atoms with E-state index in [2.05, 4.69) is 0 Å². The molecule has 0 aliphatic carbocycles. The topological polar surface area (TPSA) is 40.5 Å². The number of halogens is 14. The Bertz CT molecular complexity index is 552. The summed E-state index contributed by atoms with van der Waals surface area (Å²) in [5, 5.41) is 7.97. The van der Waals surface area contributed by atoms with Gasteiger partial charge in [-0.1, -0.05) is 0 Å². The lowest BCUT2D eigenvalue weighted by Crippen LogP contribution is -2.87. The molecule has 3 nitrogen and oxygen atoms in total. The number of piperidine rings is 1. The summed E-state index contributed by atoms with van der Waals surface area (Å²) in [5.74, 6) is -34.8. The fraction of sp³-hybridized carbons (Fsp3) is 0.875. The van der Waals surface area contributed by atoms with Crippen molar-refractivity contribution in [1.29, 1.82) is 0 Å². The number of aliphatic carboxylic acids is 1. The molecular weight excluding hydrogens is 408 g/mol. The van der Waals surface area contributed by atoms with Crippen molar-refractivity contribution in [2.75, 3.05) is 0 Å². The Hall–Kier alpha value is -1.55. The molecule has 1 N–H and O–H groups in total. The first kappa shape index (κ1) is 21.5. The normalized spacial score (nSPS) is 29.7. The summed E-state index contributed by atoms with van der Waals surface area (Å²) in [5.41, 5.74) is 0. The first-order valence-corrected chi connectivity index (χ1v) is 5.24. The van der Waals surface area contributed by atoms with E-state index in [0.717, 1.165) is 0 Å². The fourth-order valence-corrected chi connectivity index (χ4v) is 1.76. The van der Waals surface area contributed by atoms with Crippen LogP contribution >= 0.6 is 0 Å². The Morgan fingerprint density at radius 2 is 0.960 bits per heavy atom. The van der Waals surface area contributed by atoms with Crippen molar-refractivity contribution in [1.82, 2.24) is 4.90 Å². The molecule has 1 atom stereocenters. The second-order valence-electron chi connectivity index (χ2n) is 4.57. The van der Waals surface area contributed by atoms with Gasteiger partial charge in [0.2, 0.25) is 0 Å². The predicted octanol–water partition coefficient (Wildman–Crippen LogP) is 3.71. The van der Waals surface area contributed by atoms with Crippen molar-refractivity contribution >= 4 is 5.97 Å². The minimum atomic E-state index is -7.73.